The van der Waals surface area contributed by atoms with E-state index in [0.29, 0.717) is 0 Å². The molecule has 0 radical (unpaired) electrons. The fourth-order valence-electron chi connectivity index (χ4n) is 5.60. The lowest BCUT2D eigenvalue weighted by Crippen LogP contribution is -2.15. The fraction of sp³-hybridized carbons (Fsp3) is 0.688. The molecule has 0 bridgehead atoms. The molecule has 2 nitrogen and oxygen atoms in total. The topological polar surface area (TPSA) is 25.8 Å². The number of aryl methyl sites for hydroxylation is 2. The number of unbranched alkanes of at least 4 members (excludes halogenated alkanes) is 8. The standard InChI is InChI=1S/C32H50N2/c1-3-5-7-9-11-13-27-15-17-29(18-16-27)19-20-30-25-33-32(34-26-30)31-23-21-28(22-24-31)14-12-10-8-6-4-2/h21-27,29H,3-20H2,1-2H3. The summed E-state index contributed by atoms with van der Waals surface area (Å²) in [4.78, 5) is 9.39. The van der Waals surface area contributed by atoms with E-state index in [1.807, 2.05) is 0 Å². The molecule has 2 heteroatoms. The van der Waals surface area contributed by atoms with Crippen molar-refractivity contribution in [1.82, 2.24) is 9.97 Å². The first-order valence-electron chi connectivity index (χ1n) is 14.7. The molecule has 0 atom stereocenters. The molecule has 1 fully saturated rings. The largest absolute Gasteiger partial charge is 0.236 e. The van der Waals surface area contributed by atoms with Crippen LogP contribution in [0.5, 0.6) is 0 Å². The fourth-order valence-corrected chi connectivity index (χ4v) is 5.60. The van der Waals surface area contributed by atoms with Gasteiger partial charge in [0.05, 0.1) is 0 Å². The average molecular weight is 463 g/mol. The number of aromatic nitrogens is 2. The average Bonchev–Trinajstić information content (AvgIpc) is 2.89. The monoisotopic (exact) mass is 462 g/mol. The van der Waals surface area contributed by atoms with E-state index in [-0.39, 0.29) is 0 Å². The van der Waals surface area contributed by atoms with Gasteiger partial charge in [-0.25, -0.2) is 9.97 Å². The van der Waals surface area contributed by atoms with Gasteiger partial charge in [0.25, 0.3) is 0 Å². The third-order valence-corrected chi connectivity index (χ3v) is 8.01. The summed E-state index contributed by atoms with van der Waals surface area (Å²) >= 11 is 0. The quantitative estimate of drug-likeness (QED) is 0.232. The van der Waals surface area contributed by atoms with Crippen LogP contribution in [0.2, 0.25) is 0 Å². The van der Waals surface area contributed by atoms with Gasteiger partial charge in [-0.15, -0.1) is 0 Å². The maximum absolute atomic E-state index is 4.69. The molecule has 0 unspecified atom stereocenters. The number of nitrogens with zero attached hydrogens (tertiary/aromatic N) is 2. The Morgan fingerprint density at radius 2 is 1.15 bits per heavy atom. The molecule has 2 aromatic rings. The second-order valence-corrected chi connectivity index (χ2v) is 10.9. The minimum Gasteiger partial charge on any atom is -0.236 e. The maximum Gasteiger partial charge on any atom is 0.159 e. The highest BCUT2D eigenvalue weighted by Gasteiger charge is 2.20. The molecular weight excluding hydrogens is 412 g/mol. The minimum atomic E-state index is 0.859. The molecule has 0 aliphatic heterocycles. The Labute approximate surface area is 210 Å². The van der Waals surface area contributed by atoms with Gasteiger partial charge in [-0.1, -0.05) is 128 Å². The van der Waals surface area contributed by atoms with Crippen molar-refractivity contribution in [2.45, 2.75) is 129 Å². The normalized spacial score (nSPS) is 18.3. The van der Waals surface area contributed by atoms with Gasteiger partial charge in [0.15, 0.2) is 5.82 Å². The summed E-state index contributed by atoms with van der Waals surface area (Å²) in [5.74, 6) is 2.77. The number of hydrogen-bond donors (Lipinski definition) is 0. The highest BCUT2D eigenvalue weighted by Crippen LogP contribution is 2.34. The summed E-state index contributed by atoms with van der Waals surface area (Å²) in [6.07, 6.45) is 28.8. The van der Waals surface area contributed by atoms with E-state index >= 15 is 0 Å². The molecule has 188 valence electrons. The Balaban J connectivity index is 1.33. The van der Waals surface area contributed by atoms with Gasteiger partial charge >= 0.3 is 0 Å². The molecule has 3 rings (SSSR count). The molecule has 1 aromatic carbocycles. The van der Waals surface area contributed by atoms with Gasteiger partial charge in [-0.3, -0.25) is 0 Å². The summed E-state index contributed by atoms with van der Waals surface area (Å²) in [5, 5.41) is 0. The summed E-state index contributed by atoms with van der Waals surface area (Å²) in [5.41, 5.74) is 3.86. The van der Waals surface area contributed by atoms with Crippen LogP contribution < -0.4 is 0 Å². The smallest absolute Gasteiger partial charge is 0.159 e. The van der Waals surface area contributed by atoms with Gasteiger partial charge in [-0.05, 0) is 48.6 Å². The second kappa shape index (κ2) is 16.1. The molecule has 1 aromatic heterocycles. The van der Waals surface area contributed by atoms with E-state index in [2.05, 4.69) is 50.5 Å². The molecule has 1 aliphatic carbocycles. The van der Waals surface area contributed by atoms with E-state index in [4.69, 9.17) is 9.97 Å². The predicted molar refractivity (Wildman–Crippen MR) is 147 cm³/mol. The van der Waals surface area contributed by atoms with Crippen LogP contribution in [-0.2, 0) is 12.8 Å². The lowest BCUT2D eigenvalue weighted by atomic mass is 9.78. The van der Waals surface area contributed by atoms with Crippen LogP contribution in [0.4, 0.5) is 0 Å². The van der Waals surface area contributed by atoms with Crippen molar-refractivity contribution < 1.29 is 0 Å². The molecule has 0 saturated heterocycles. The molecular formula is C32H50N2. The Morgan fingerprint density at radius 1 is 0.588 bits per heavy atom. The SMILES string of the molecule is CCCCCCCc1ccc(-c2ncc(CCC3CCC(CCCCCCC)CC3)cn2)cc1. The Kier molecular flexibility index (Phi) is 12.7. The van der Waals surface area contributed by atoms with Crippen molar-refractivity contribution >= 4 is 0 Å². The summed E-state index contributed by atoms with van der Waals surface area (Å²) < 4.78 is 0. The van der Waals surface area contributed by atoms with Crippen LogP contribution in [0.1, 0.15) is 128 Å². The lowest BCUT2D eigenvalue weighted by Gasteiger charge is -2.28. The molecule has 1 heterocycles. The van der Waals surface area contributed by atoms with Crippen molar-refractivity contribution in [2.24, 2.45) is 11.8 Å². The van der Waals surface area contributed by atoms with Crippen LogP contribution in [0, 0.1) is 11.8 Å². The first kappa shape index (κ1) is 26.9. The number of rotatable bonds is 16. The molecule has 0 amide bonds. The van der Waals surface area contributed by atoms with Crippen LogP contribution in [0.25, 0.3) is 11.4 Å². The maximum atomic E-state index is 4.69. The van der Waals surface area contributed by atoms with Gasteiger partial charge in [0.2, 0.25) is 0 Å². The summed E-state index contributed by atoms with van der Waals surface area (Å²) in [6, 6.07) is 8.90. The van der Waals surface area contributed by atoms with Crippen molar-refractivity contribution in [3.63, 3.8) is 0 Å². The highest BCUT2D eigenvalue weighted by atomic mass is 14.9. The van der Waals surface area contributed by atoms with E-state index in [1.54, 1.807) is 0 Å². The first-order valence-corrected chi connectivity index (χ1v) is 14.7. The van der Waals surface area contributed by atoms with Crippen LogP contribution in [0.15, 0.2) is 36.7 Å². The van der Waals surface area contributed by atoms with Crippen molar-refractivity contribution in [2.75, 3.05) is 0 Å². The zero-order chi connectivity index (χ0) is 23.8. The van der Waals surface area contributed by atoms with Gasteiger partial charge in [-0.2, -0.15) is 0 Å². The van der Waals surface area contributed by atoms with Crippen molar-refractivity contribution in [1.29, 1.82) is 0 Å². The van der Waals surface area contributed by atoms with Crippen molar-refractivity contribution in [3.8, 4) is 11.4 Å². The summed E-state index contributed by atoms with van der Waals surface area (Å²) in [6.45, 7) is 4.58. The van der Waals surface area contributed by atoms with Gasteiger partial charge in [0.1, 0.15) is 0 Å². The zero-order valence-corrected chi connectivity index (χ0v) is 22.2. The third kappa shape index (κ3) is 9.88. The third-order valence-electron chi connectivity index (χ3n) is 8.01. The van der Waals surface area contributed by atoms with Crippen LogP contribution >= 0.6 is 0 Å². The molecule has 0 N–H and O–H groups in total. The Morgan fingerprint density at radius 3 is 1.76 bits per heavy atom. The van der Waals surface area contributed by atoms with E-state index < -0.39 is 0 Å². The van der Waals surface area contributed by atoms with Crippen LogP contribution in [-0.4, -0.2) is 9.97 Å². The highest BCUT2D eigenvalue weighted by molar-refractivity contribution is 5.55. The molecule has 34 heavy (non-hydrogen) atoms. The van der Waals surface area contributed by atoms with E-state index in [1.165, 1.54) is 120 Å². The first-order chi connectivity index (χ1) is 16.8. The Hall–Kier alpha value is -1.70. The van der Waals surface area contributed by atoms with Gasteiger partial charge < -0.3 is 0 Å². The molecule has 1 aliphatic rings. The molecule has 1 saturated carbocycles. The number of hydrogen-bond acceptors (Lipinski definition) is 2. The lowest BCUT2D eigenvalue weighted by molar-refractivity contribution is 0.248. The van der Waals surface area contributed by atoms with Crippen LogP contribution in [0.3, 0.4) is 0 Å². The zero-order valence-electron chi connectivity index (χ0n) is 22.2. The number of benzene rings is 1. The van der Waals surface area contributed by atoms with Gasteiger partial charge in [0, 0.05) is 18.0 Å². The second-order valence-electron chi connectivity index (χ2n) is 10.9. The Bertz CT molecular complexity index is 757. The van der Waals surface area contributed by atoms with E-state index in [9.17, 15) is 0 Å². The summed E-state index contributed by atoms with van der Waals surface area (Å²) in [7, 11) is 0. The van der Waals surface area contributed by atoms with Crippen molar-refractivity contribution in [3.05, 3.63) is 47.8 Å². The molecule has 0 spiro atoms. The van der Waals surface area contributed by atoms with E-state index in [0.717, 1.165) is 29.6 Å². The predicted octanol–water partition coefficient (Wildman–Crippen LogP) is 9.76. The minimum absolute atomic E-state index is 0.859.